The number of nitrogens with one attached hydrogen (secondary N) is 1. The van der Waals surface area contributed by atoms with Gasteiger partial charge in [-0.15, -0.1) is 0 Å². The minimum Gasteiger partial charge on any atom is -0.476 e. The summed E-state index contributed by atoms with van der Waals surface area (Å²) >= 11 is 6.15. The third-order valence-electron chi connectivity index (χ3n) is 7.99. The summed E-state index contributed by atoms with van der Waals surface area (Å²) in [6.45, 7) is 3.99. The van der Waals surface area contributed by atoms with E-state index in [-0.39, 0.29) is 39.7 Å². The van der Waals surface area contributed by atoms with Gasteiger partial charge >= 0.3 is 12.1 Å². The van der Waals surface area contributed by atoms with E-state index < -0.39 is 35.4 Å². The maximum Gasteiger partial charge on any atom is 0.490 e. The van der Waals surface area contributed by atoms with E-state index in [1.807, 2.05) is 6.92 Å². The molecule has 0 aliphatic carbocycles. The van der Waals surface area contributed by atoms with Crippen LogP contribution in [0.15, 0.2) is 72.0 Å². The van der Waals surface area contributed by atoms with Crippen molar-refractivity contribution in [3.8, 4) is 34.0 Å². The quantitative estimate of drug-likeness (QED) is 0.184. The van der Waals surface area contributed by atoms with Crippen LogP contribution in [0.2, 0.25) is 5.02 Å². The zero-order valence-corrected chi connectivity index (χ0v) is 28.1. The van der Waals surface area contributed by atoms with Crippen molar-refractivity contribution in [3.05, 3.63) is 100.0 Å². The number of alkyl halides is 3. The number of benzene rings is 2. The van der Waals surface area contributed by atoms with E-state index in [4.69, 9.17) is 26.2 Å². The summed E-state index contributed by atoms with van der Waals surface area (Å²) in [6, 6.07) is 11.3. The van der Waals surface area contributed by atoms with Crippen LogP contribution in [0.25, 0.3) is 28.1 Å². The number of nitrogens with zero attached hydrogens (tertiary/aromatic N) is 6. The molecule has 1 aliphatic heterocycles. The Morgan fingerprint density at radius 3 is 2.52 bits per heavy atom. The number of carbonyl (C=O) groups excluding carboxylic acids is 1. The molecule has 0 saturated heterocycles. The number of anilines is 1. The van der Waals surface area contributed by atoms with Gasteiger partial charge in [-0.3, -0.25) is 19.1 Å². The summed E-state index contributed by atoms with van der Waals surface area (Å²) in [4.78, 5) is 44.7. The maximum absolute atomic E-state index is 15.5. The van der Waals surface area contributed by atoms with E-state index in [1.54, 1.807) is 31.3 Å². The van der Waals surface area contributed by atoms with Crippen molar-refractivity contribution in [2.24, 2.45) is 5.92 Å². The molecule has 12 nitrogen and oxygen atoms in total. The summed E-state index contributed by atoms with van der Waals surface area (Å²) in [5.41, 5.74) is 1.96. The summed E-state index contributed by atoms with van der Waals surface area (Å²) in [5, 5.41) is 17.9. The number of carboxylic acids is 1. The first-order valence-corrected chi connectivity index (χ1v) is 16.0. The SMILES string of the molecule is CCOc1cn(-c2ccc(Cl)c(F)c2-c2cc(=O)n([C@H]3CCC[C@@H](C)C(=O)Nc4ccc(F)cc4-c4ccnc3c4)cn2)nn1.O=C(O)C(F)(F)F. The Kier molecular flexibility index (Phi) is 11.3. The highest BCUT2D eigenvalue weighted by molar-refractivity contribution is 6.31. The molecule has 52 heavy (non-hydrogen) atoms. The first-order valence-electron chi connectivity index (χ1n) is 15.7. The van der Waals surface area contributed by atoms with Gasteiger partial charge in [-0.2, -0.15) is 13.2 Å². The predicted octanol–water partition coefficient (Wildman–Crippen LogP) is 6.86. The second kappa shape index (κ2) is 15.7. The standard InChI is InChI=1S/C32H28ClF2N7O3.C2HF3O2/c1-3-45-28-16-42(40-39-28)27-10-8-22(33)31(35)30(27)25-15-29(43)41(17-37-25)26-6-4-5-18(2)32(44)38-23-9-7-20(34)14-21(23)19-11-12-36-24(26)13-19;3-2(4,5)1(6)7/h7-18,26H,3-6H2,1-2H3,(H,38,44);(H,6,7)/t18-,26+;/m1./s1. The molecule has 1 aliphatic rings. The highest BCUT2D eigenvalue weighted by Gasteiger charge is 2.38. The Hall–Kier alpha value is -5.71. The summed E-state index contributed by atoms with van der Waals surface area (Å²) in [5.74, 6) is -4.26. The van der Waals surface area contributed by atoms with Gasteiger partial charge in [-0.25, -0.2) is 23.2 Å². The third-order valence-corrected chi connectivity index (χ3v) is 8.28. The number of carbonyl (C=O) groups is 2. The molecular weight excluding hydrogens is 717 g/mol. The van der Waals surface area contributed by atoms with E-state index in [0.717, 1.165) is 0 Å². The average Bonchev–Trinajstić information content (AvgIpc) is 3.57. The molecule has 0 radical (unpaired) electrons. The Morgan fingerprint density at radius 2 is 1.83 bits per heavy atom. The molecule has 4 heterocycles. The van der Waals surface area contributed by atoms with Crippen LogP contribution in [0.1, 0.15) is 44.8 Å². The topological polar surface area (TPSA) is 154 Å². The number of pyridine rings is 1. The molecule has 272 valence electrons. The van der Waals surface area contributed by atoms with Crippen molar-refractivity contribution in [1.82, 2.24) is 29.5 Å². The lowest BCUT2D eigenvalue weighted by molar-refractivity contribution is -0.192. The van der Waals surface area contributed by atoms with Crippen LogP contribution in [0.3, 0.4) is 0 Å². The van der Waals surface area contributed by atoms with E-state index in [2.05, 4.69) is 25.6 Å². The first kappa shape index (κ1) is 37.5. The molecule has 18 heteroatoms. The van der Waals surface area contributed by atoms with Crippen molar-refractivity contribution in [2.75, 3.05) is 11.9 Å². The van der Waals surface area contributed by atoms with Crippen LogP contribution in [-0.4, -0.2) is 59.3 Å². The normalized spacial score (nSPS) is 16.0. The molecule has 2 bridgehead atoms. The summed E-state index contributed by atoms with van der Waals surface area (Å²) in [7, 11) is 0. The zero-order chi connectivity index (χ0) is 37.7. The van der Waals surface area contributed by atoms with Gasteiger partial charge in [0.15, 0.2) is 5.82 Å². The van der Waals surface area contributed by atoms with E-state index in [9.17, 15) is 27.2 Å². The lowest BCUT2D eigenvalue weighted by atomic mass is 9.95. The van der Waals surface area contributed by atoms with Gasteiger partial charge in [0.1, 0.15) is 5.82 Å². The minimum absolute atomic E-state index is 0.0306. The summed E-state index contributed by atoms with van der Waals surface area (Å²) in [6.07, 6.45) is 0.933. The number of rotatable bonds is 5. The van der Waals surface area contributed by atoms with Crippen LogP contribution in [0, 0.1) is 17.6 Å². The molecular formula is C34H29ClF5N7O5. The molecule has 6 rings (SSSR count). The molecule has 0 saturated carbocycles. The third kappa shape index (κ3) is 8.42. The van der Waals surface area contributed by atoms with Crippen molar-refractivity contribution < 1.29 is 41.4 Å². The van der Waals surface area contributed by atoms with Crippen molar-refractivity contribution >= 4 is 29.2 Å². The fourth-order valence-electron chi connectivity index (χ4n) is 5.43. The van der Waals surface area contributed by atoms with Gasteiger partial charge in [0.2, 0.25) is 5.91 Å². The number of aliphatic carboxylic acids is 1. The second-order valence-electron chi connectivity index (χ2n) is 11.5. The van der Waals surface area contributed by atoms with Crippen LogP contribution in [0.5, 0.6) is 5.88 Å². The lowest BCUT2D eigenvalue weighted by Crippen LogP contribution is -2.27. The molecule has 5 aromatic rings. The van der Waals surface area contributed by atoms with Crippen molar-refractivity contribution in [3.63, 3.8) is 0 Å². The first-order chi connectivity index (χ1) is 24.7. The molecule has 2 atom stereocenters. The number of aromatic nitrogens is 6. The molecule has 0 spiro atoms. The largest absolute Gasteiger partial charge is 0.490 e. The smallest absolute Gasteiger partial charge is 0.476 e. The zero-order valence-electron chi connectivity index (χ0n) is 27.4. The molecule has 2 N–H and O–H groups in total. The number of hydrogen-bond donors (Lipinski definition) is 2. The number of ether oxygens (including phenoxy) is 1. The monoisotopic (exact) mass is 745 g/mol. The van der Waals surface area contributed by atoms with E-state index in [0.29, 0.717) is 48.4 Å². The number of halogens is 6. The van der Waals surface area contributed by atoms with Gasteiger partial charge in [0.25, 0.3) is 11.4 Å². The number of hydrogen-bond acceptors (Lipinski definition) is 8. The van der Waals surface area contributed by atoms with Gasteiger partial charge in [-0.1, -0.05) is 35.3 Å². The van der Waals surface area contributed by atoms with Crippen LogP contribution < -0.4 is 15.6 Å². The lowest BCUT2D eigenvalue weighted by Gasteiger charge is -2.23. The fraction of sp³-hybridized carbons (Fsp3) is 0.265. The van der Waals surface area contributed by atoms with Crippen LogP contribution in [-0.2, 0) is 9.59 Å². The molecule has 0 unspecified atom stereocenters. The predicted molar refractivity (Wildman–Crippen MR) is 178 cm³/mol. The minimum atomic E-state index is -5.08. The molecule has 1 amide bonds. The van der Waals surface area contributed by atoms with Gasteiger partial charge in [0, 0.05) is 29.4 Å². The van der Waals surface area contributed by atoms with Crippen LogP contribution >= 0.6 is 11.6 Å². The number of amides is 1. The Morgan fingerprint density at radius 1 is 1.08 bits per heavy atom. The maximum atomic E-state index is 15.5. The van der Waals surface area contributed by atoms with Crippen LogP contribution in [0.4, 0.5) is 27.6 Å². The molecule has 3 aromatic heterocycles. The molecule has 0 fully saturated rings. The van der Waals surface area contributed by atoms with Gasteiger partial charge in [0.05, 0.1) is 52.8 Å². The fourth-order valence-corrected chi connectivity index (χ4v) is 5.59. The van der Waals surface area contributed by atoms with E-state index in [1.165, 1.54) is 52.1 Å². The highest BCUT2D eigenvalue weighted by Crippen LogP contribution is 2.35. The molecule has 2 aromatic carbocycles. The highest BCUT2D eigenvalue weighted by atomic mass is 35.5. The van der Waals surface area contributed by atoms with Gasteiger partial charge in [-0.05, 0) is 67.8 Å². The second-order valence-corrected chi connectivity index (χ2v) is 11.9. The number of carboxylic acid groups (broad SMARTS) is 1. The van der Waals surface area contributed by atoms with Crippen molar-refractivity contribution in [2.45, 2.75) is 45.3 Å². The summed E-state index contributed by atoms with van der Waals surface area (Å²) < 4.78 is 69.8. The Bertz CT molecular complexity index is 2180. The number of fused-ring (bicyclic) bond motifs is 4. The Labute approximate surface area is 296 Å². The average molecular weight is 746 g/mol. The van der Waals surface area contributed by atoms with Gasteiger partial charge < -0.3 is 15.2 Å². The van der Waals surface area contributed by atoms with Crippen molar-refractivity contribution in [1.29, 1.82) is 0 Å². The Balaban J connectivity index is 0.000000679. The van der Waals surface area contributed by atoms with E-state index >= 15 is 4.39 Å².